The molecular weight excluding hydrogens is 290 g/mol. The van der Waals surface area contributed by atoms with E-state index >= 15 is 0 Å². The summed E-state index contributed by atoms with van der Waals surface area (Å²) in [5.74, 6) is 0.897. The predicted molar refractivity (Wildman–Crippen MR) is 89.9 cm³/mol. The largest absolute Gasteiger partial charge is 0.320 e. The summed E-state index contributed by atoms with van der Waals surface area (Å²) in [7, 11) is 0. The van der Waals surface area contributed by atoms with Crippen LogP contribution in [0, 0.1) is 25.2 Å². The van der Waals surface area contributed by atoms with Gasteiger partial charge in [-0.05, 0) is 44.4 Å². The zero-order valence-corrected chi connectivity index (χ0v) is 14.0. The van der Waals surface area contributed by atoms with Crippen LogP contribution in [0.15, 0.2) is 29.4 Å². The third-order valence-corrected chi connectivity index (χ3v) is 5.52. The summed E-state index contributed by atoms with van der Waals surface area (Å²) in [4.78, 5) is 4.78. The summed E-state index contributed by atoms with van der Waals surface area (Å²) >= 11 is 1.80. The number of hydrogen-bond acceptors (Lipinski definition) is 3. The van der Waals surface area contributed by atoms with Crippen molar-refractivity contribution in [2.45, 2.75) is 56.5 Å². The first-order valence-electron chi connectivity index (χ1n) is 7.86. The molecule has 1 aromatic carbocycles. The van der Waals surface area contributed by atoms with Crippen LogP contribution in [0.4, 0.5) is 0 Å². The van der Waals surface area contributed by atoms with Gasteiger partial charge in [0.2, 0.25) is 0 Å². The molecule has 4 heteroatoms. The SMILES string of the molecule is Cc1nc(SCc2ccc(C#N)cc2)n(C2CCCC2)c1C. The highest BCUT2D eigenvalue weighted by atomic mass is 32.2. The number of rotatable bonds is 4. The molecule has 0 unspecified atom stereocenters. The van der Waals surface area contributed by atoms with Gasteiger partial charge < -0.3 is 4.57 Å². The lowest BCUT2D eigenvalue weighted by molar-refractivity contribution is 0.471. The van der Waals surface area contributed by atoms with Crippen LogP contribution < -0.4 is 0 Å². The van der Waals surface area contributed by atoms with Gasteiger partial charge in [-0.15, -0.1) is 0 Å². The predicted octanol–water partition coefficient (Wildman–Crippen LogP) is 4.78. The fourth-order valence-corrected chi connectivity index (χ4v) is 4.23. The normalized spacial score (nSPS) is 15.1. The maximum atomic E-state index is 8.86. The van der Waals surface area contributed by atoms with Gasteiger partial charge in [0.05, 0.1) is 17.3 Å². The van der Waals surface area contributed by atoms with Crippen molar-refractivity contribution in [3.05, 3.63) is 46.8 Å². The molecule has 0 N–H and O–H groups in total. The molecule has 1 saturated carbocycles. The fourth-order valence-electron chi connectivity index (χ4n) is 3.11. The van der Waals surface area contributed by atoms with Crippen LogP contribution >= 0.6 is 11.8 Å². The van der Waals surface area contributed by atoms with E-state index in [1.807, 2.05) is 24.3 Å². The Hall–Kier alpha value is -1.73. The maximum absolute atomic E-state index is 8.86. The van der Waals surface area contributed by atoms with Crippen molar-refractivity contribution in [2.24, 2.45) is 0 Å². The van der Waals surface area contributed by atoms with E-state index in [0.717, 1.165) is 16.6 Å². The van der Waals surface area contributed by atoms with Gasteiger partial charge in [-0.25, -0.2) is 4.98 Å². The van der Waals surface area contributed by atoms with Crippen LogP contribution in [0.2, 0.25) is 0 Å². The molecule has 22 heavy (non-hydrogen) atoms. The second kappa shape index (κ2) is 6.58. The van der Waals surface area contributed by atoms with Crippen LogP contribution in [-0.2, 0) is 5.75 Å². The monoisotopic (exact) mass is 311 g/mol. The van der Waals surface area contributed by atoms with Crippen LogP contribution in [-0.4, -0.2) is 9.55 Å². The second-order valence-corrected chi connectivity index (χ2v) is 6.91. The molecule has 3 rings (SSSR count). The first-order chi connectivity index (χ1) is 10.7. The Morgan fingerprint density at radius 1 is 1.23 bits per heavy atom. The molecule has 0 aliphatic heterocycles. The van der Waals surface area contributed by atoms with Crippen molar-refractivity contribution in [1.82, 2.24) is 9.55 Å². The third kappa shape index (κ3) is 3.05. The molecule has 114 valence electrons. The van der Waals surface area contributed by atoms with Crippen molar-refractivity contribution >= 4 is 11.8 Å². The van der Waals surface area contributed by atoms with E-state index in [1.165, 1.54) is 36.9 Å². The summed E-state index contributed by atoms with van der Waals surface area (Å²) in [5, 5.41) is 10.0. The molecule has 0 spiro atoms. The Kier molecular flexibility index (Phi) is 4.54. The average Bonchev–Trinajstić information content (AvgIpc) is 3.15. The Morgan fingerprint density at radius 3 is 2.55 bits per heavy atom. The van der Waals surface area contributed by atoms with Gasteiger partial charge in [-0.1, -0.05) is 36.7 Å². The molecule has 0 amide bonds. The van der Waals surface area contributed by atoms with Gasteiger partial charge in [0, 0.05) is 17.5 Å². The van der Waals surface area contributed by atoms with E-state index in [2.05, 4.69) is 24.5 Å². The van der Waals surface area contributed by atoms with E-state index in [-0.39, 0.29) is 0 Å². The fraction of sp³-hybridized carbons (Fsp3) is 0.444. The summed E-state index contributed by atoms with van der Waals surface area (Å²) < 4.78 is 2.46. The molecule has 0 bridgehead atoms. The molecule has 1 aromatic heterocycles. The van der Waals surface area contributed by atoms with E-state index in [4.69, 9.17) is 10.2 Å². The molecule has 0 saturated heterocycles. The number of aryl methyl sites for hydroxylation is 1. The van der Waals surface area contributed by atoms with Crippen molar-refractivity contribution in [2.75, 3.05) is 0 Å². The lowest BCUT2D eigenvalue weighted by atomic mass is 10.2. The van der Waals surface area contributed by atoms with Crippen LogP contribution in [0.3, 0.4) is 0 Å². The topological polar surface area (TPSA) is 41.6 Å². The quantitative estimate of drug-likeness (QED) is 0.763. The third-order valence-electron chi connectivity index (χ3n) is 4.50. The Morgan fingerprint density at radius 2 is 1.91 bits per heavy atom. The van der Waals surface area contributed by atoms with E-state index in [0.29, 0.717) is 11.6 Å². The van der Waals surface area contributed by atoms with E-state index < -0.39 is 0 Å². The Labute approximate surface area is 136 Å². The number of thioether (sulfide) groups is 1. The molecule has 1 fully saturated rings. The first kappa shape index (κ1) is 15.2. The number of nitrogens with zero attached hydrogens (tertiary/aromatic N) is 3. The van der Waals surface area contributed by atoms with Gasteiger partial charge in [-0.3, -0.25) is 0 Å². The zero-order chi connectivity index (χ0) is 15.5. The lowest BCUT2D eigenvalue weighted by Gasteiger charge is -2.17. The highest BCUT2D eigenvalue weighted by Gasteiger charge is 2.23. The average molecular weight is 311 g/mol. The standard InChI is InChI=1S/C18H21N3S/c1-13-14(2)21(17-5-3-4-6-17)18(20-13)22-12-16-9-7-15(11-19)8-10-16/h7-10,17H,3-6,12H2,1-2H3. The summed E-state index contributed by atoms with van der Waals surface area (Å²) in [6.45, 7) is 4.29. The molecule has 0 radical (unpaired) electrons. The molecule has 3 nitrogen and oxygen atoms in total. The molecule has 0 atom stereocenters. The lowest BCUT2D eigenvalue weighted by Crippen LogP contribution is -2.08. The molecule has 1 heterocycles. The molecule has 1 aliphatic rings. The number of nitriles is 1. The summed E-state index contributed by atoms with van der Waals surface area (Å²) in [6.07, 6.45) is 5.23. The second-order valence-electron chi connectivity index (χ2n) is 5.97. The van der Waals surface area contributed by atoms with Gasteiger partial charge in [0.1, 0.15) is 0 Å². The number of hydrogen-bond donors (Lipinski definition) is 0. The smallest absolute Gasteiger partial charge is 0.169 e. The first-order valence-corrected chi connectivity index (χ1v) is 8.85. The van der Waals surface area contributed by atoms with E-state index in [9.17, 15) is 0 Å². The van der Waals surface area contributed by atoms with Gasteiger partial charge >= 0.3 is 0 Å². The van der Waals surface area contributed by atoms with Gasteiger partial charge in [0.25, 0.3) is 0 Å². The highest BCUT2D eigenvalue weighted by molar-refractivity contribution is 7.98. The minimum atomic E-state index is 0.629. The van der Waals surface area contributed by atoms with Gasteiger partial charge in [-0.2, -0.15) is 5.26 Å². The van der Waals surface area contributed by atoms with E-state index in [1.54, 1.807) is 11.8 Å². The summed E-state index contributed by atoms with van der Waals surface area (Å²) in [5.41, 5.74) is 4.41. The minimum absolute atomic E-state index is 0.629. The molecule has 2 aromatic rings. The number of imidazole rings is 1. The van der Waals surface area contributed by atoms with Crippen molar-refractivity contribution < 1.29 is 0 Å². The number of benzene rings is 1. The minimum Gasteiger partial charge on any atom is -0.320 e. The Bertz CT molecular complexity index is 688. The van der Waals surface area contributed by atoms with Crippen molar-refractivity contribution in [3.8, 4) is 6.07 Å². The highest BCUT2D eigenvalue weighted by Crippen LogP contribution is 2.36. The zero-order valence-electron chi connectivity index (χ0n) is 13.2. The van der Waals surface area contributed by atoms with Crippen LogP contribution in [0.5, 0.6) is 0 Å². The Balaban J connectivity index is 1.77. The van der Waals surface area contributed by atoms with Crippen molar-refractivity contribution in [1.29, 1.82) is 5.26 Å². The van der Waals surface area contributed by atoms with Crippen LogP contribution in [0.1, 0.15) is 54.2 Å². The molecular formula is C18H21N3S. The maximum Gasteiger partial charge on any atom is 0.169 e. The molecule has 1 aliphatic carbocycles. The van der Waals surface area contributed by atoms with Crippen molar-refractivity contribution in [3.63, 3.8) is 0 Å². The van der Waals surface area contributed by atoms with Gasteiger partial charge in [0.15, 0.2) is 5.16 Å². The summed E-state index contributed by atoms with van der Waals surface area (Å²) in [6, 6.07) is 10.6. The van der Waals surface area contributed by atoms with Crippen LogP contribution in [0.25, 0.3) is 0 Å². The number of aromatic nitrogens is 2.